The van der Waals surface area contributed by atoms with Crippen molar-refractivity contribution in [2.75, 3.05) is 6.61 Å². The van der Waals surface area contributed by atoms with E-state index in [1.54, 1.807) is 20.8 Å². The number of hydrogen-bond acceptors (Lipinski definition) is 3. The summed E-state index contributed by atoms with van der Waals surface area (Å²) in [4.78, 5) is 20.2. The molecule has 94 valence electrons. The van der Waals surface area contributed by atoms with Gasteiger partial charge in [-0.1, -0.05) is 5.57 Å². The third-order valence-corrected chi connectivity index (χ3v) is 2.05. The molecular formula is C11H20O5. The molecule has 0 aliphatic rings. The molecule has 0 heterocycles. The molecule has 5 nitrogen and oxygen atoms in total. The predicted molar refractivity (Wildman–Crippen MR) is 60.2 cm³/mol. The molecule has 16 heavy (non-hydrogen) atoms. The molecule has 0 unspecified atom stereocenters. The number of aliphatic hydroxyl groups is 1. The van der Waals surface area contributed by atoms with Crippen LogP contribution in [0.3, 0.4) is 0 Å². The van der Waals surface area contributed by atoms with Gasteiger partial charge in [0.2, 0.25) is 0 Å². The van der Waals surface area contributed by atoms with Crippen molar-refractivity contribution in [2.24, 2.45) is 5.41 Å². The van der Waals surface area contributed by atoms with E-state index in [1.807, 2.05) is 0 Å². The van der Waals surface area contributed by atoms with E-state index in [4.69, 9.17) is 15.3 Å². The minimum Gasteiger partial charge on any atom is -0.481 e. The first-order valence-electron chi connectivity index (χ1n) is 4.78. The smallest absolute Gasteiger partial charge is 0.331 e. The van der Waals surface area contributed by atoms with Gasteiger partial charge in [-0.25, -0.2) is 4.79 Å². The number of aliphatic hydroxyl groups excluding tert-OH is 1. The molecule has 0 aliphatic carbocycles. The number of hydrogen-bond donors (Lipinski definition) is 3. The van der Waals surface area contributed by atoms with Crippen LogP contribution in [0.4, 0.5) is 0 Å². The molecule has 3 N–H and O–H groups in total. The standard InChI is InChI=1S/C6H10O2.C5H10O3/c1-4(2)5(3)6(7)8;1-5(2,3-6)4(7)8/h1-3H3,(H,7,8);6H,3H2,1-2H3,(H,7,8). The summed E-state index contributed by atoms with van der Waals surface area (Å²) in [5.41, 5.74) is 0.308. The Morgan fingerprint density at radius 3 is 1.44 bits per heavy atom. The second-order valence-electron chi connectivity index (χ2n) is 4.28. The van der Waals surface area contributed by atoms with Crippen molar-refractivity contribution < 1.29 is 24.9 Å². The molecule has 5 heteroatoms. The largest absolute Gasteiger partial charge is 0.481 e. The second kappa shape index (κ2) is 7.00. The fourth-order valence-corrected chi connectivity index (χ4v) is 0.281. The first-order chi connectivity index (χ1) is 7.06. The summed E-state index contributed by atoms with van der Waals surface area (Å²) >= 11 is 0. The van der Waals surface area contributed by atoms with Crippen LogP contribution in [0.2, 0.25) is 0 Å². The van der Waals surface area contributed by atoms with E-state index in [2.05, 4.69) is 0 Å². The van der Waals surface area contributed by atoms with Gasteiger partial charge in [0.15, 0.2) is 0 Å². The van der Waals surface area contributed by atoms with Gasteiger partial charge in [-0.05, 0) is 34.6 Å². The average Bonchev–Trinajstić information content (AvgIpc) is 2.17. The Kier molecular flexibility index (Phi) is 7.46. The quantitative estimate of drug-likeness (QED) is 0.641. The van der Waals surface area contributed by atoms with E-state index in [9.17, 15) is 9.59 Å². The Morgan fingerprint density at radius 2 is 1.44 bits per heavy atom. The van der Waals surface area contributed by atoms with Crippen molar-refractivity contribution in [2.45, 2.75) is 34.6 Å². The van der Waals surface area contributed by atoms with E-state index in [0.29, 0.717) is 5.57 Å². The second-order valence-corrected chi connectivity index (χ2v) is 4.28. The SMILES string of the molecule is CC(C)(CO)C(=O)O.CC(C)=C(C)C(=O)O. The first-order valence-corrected chi connectivity index (χ1v) is 4.78. The normalized spacial score (nSPS) is 9.88. The Labute approximate surface area is 95.4 Å². The zero-order chi connectivity index (χ0) is 13.5. The average molecular weight is 232 g/mol. The highest BCUT2D eigenvalue weighted by molar-refractivity contribution is 5.86. The molecule has 0 aromatic rings. The first kappa shape index (κ1) is 17.0. The predicted octanol–water partition coefficient (Wildman–Crippen LogP) is 1.52. The lowest BCUT2D eigenvalue weighted by molar-refractivity contribution is -0.149. The summed E-state index contributed by atoms with van der Waals surface area (Å²) in [6.45, 7) is 7.78. The van der Waals surface area contributed by atoms with Gasteiger partial charge >= 0.3 is 11.9 Å². The van der Waals surface area contributed by atoms with Crippen LogP contribution < -0.4 is 0 Å². The van der Waals surface area contributed by atoms with E-state index in [1.165, 1.54) is 13.8 Å². The van der Waals surface area contributed by atoms with E-state index < -0.39 is 17.4 Å². The molecule has 0 fully saturated rings. The van der Waals surface area contributed by atoms with Gasteiger partial charge in [-0.3, -0.25) is 4.79 Å². The minimum atomic E-state index is -0.986. The summed E-state index contributed by atoms with van der Waals surface area (Å²) in [7, 11) is 0. The zero-order valence-corrected chi connectivity index (χ0v) is 10.4. The van der Waals surface area contributed by atoms with Crippen molar-refractivity contribution >= 4 is 11.9 Å². The molecule has 0 saturated carbocycles. The molecule has 0 bridgehead atoms. The van der Waals surface area contributed by atoms with Gasteiger partial charge < -0.3 is 15.3 Å². The van der Waals surface area contributed by atoms with Crippen molar-refractivity contribution in [3.63, 3.8) is 0 Å². The summed E-state index contributed by atoms with van der Waals surface area (Å²) in [6, 6.07) is 0. The van der Waals surface area contributed by atoms with Crippen LogP contribution in [0.25, 0.3) is 0 Å². The molecule has 0 aliphatic heterocycles. The molecule has 0 saturated heterocycles. The fourth-order valence-electron chi connectivity index (χ4n) is 0.281. The Bertz CT molecular complexity index is 285. The van der Waals surface area contributed by atoms with Crippen LogP contribution in [-0.2, 0) is 9.59 Å². The number of carboxylic acids is 2. The molecule has 0 amide bonds. The van der Waals surface area contributed by atoms with Gasteiger partial charge in [0.05, 0.1) is 12.0 Å². The lowest BCUT2D eigenvalue weighted by Crippen LogP contribution is -2.27. The number of allylic oxidation sites excluding steroid dienone is 1. The van der Waals surface area contributed by atoms with E-state index >= 15 is 0 Å². The minimum absolute atomic E-state index is 0.317. The summed E-state index contributed by atoms with van der Waals surface area (Å²) in [5, 5.41) is 25.0. The third kappa shape index (κ3) is 7.00. The lowest BCUT2D eigenvalue weighted by Gasteiger charge is -2.13. The van der Waals surface area contributed by atoms with Gasteiger partial charge in [0.1, 0.15) is 0 Å². The topological polar surface area (TPSA) is 94.8 Å². The molecule has 0 spiro atoms. The maximum atomic E-state index is 10.1. The molecule has 0 aromatic heterocycles. The highest BCUT2D eigenvalue weighted by Gasteiger charge is 2.25. The highest BCUT2D eigenvalue weighted by Crippen LogP contribution is 2.12. The maximum Gasteiger partial charge on any atom is 0.331 e. The van der Waals surface area contributed by atoms with Crippen LogP contribution in [0.1, 0.15) is 34.6 Å². The van der Waals surface area contributed by atoms with Crippen molar-refractivity contribution in [1.82, 2.24) is 0 Å². The fraction of sp³-hybridized carbons (Fsp3) is 0.636. The number of aliphatic carboxylic acids is 2. The number of carboxylic acid groups (broad SMARTS) is 2. The van der Waals surface area contributed by atoms with Crippen molar-refractivity contribution in [1.29, 1.82) is 0 Å². The third-order valence-electron chi connectivity index (χ3n) is 2.05. The van der Waals surface area contributed by atoms with Gasteiger partial charge in [0.25, 0.3) is 0 Å². The highest BCUT2D eigenvalue weighted by atomic mass is 16.4. The number of carbonyl (C=O) groups is 2. The Hall–Kier alpha value is -1.36. The summed E-state index contributed by atoms with van der Waals surface area (Å²) in [5.74, 6) is -1.80. The maximum absolute atomic E-state index is 10.1. The molecule has 0 aromatic carbocycles. The van der Waals surface area contributed by atoms with Crippen molar-refractivity contribution in [3.05, 3.63) is 11.1 Å². The van der Waals surface area contributed by atoms with Crippen LogP contribution in [0, 0.1) is 5.41 Å². The molecular weight excluding hydrogens is 212 g/mol. The monoisotopic (exact) mass is 232 g/mol. The van der Waals surface area contributed by atoms with Crippen LogP contribution in [-0.4, -0.2) is 33.9 Å². The molecule has 0 rings (SSSR count). The Morgan fingerprint density at radius 1 is 1.06 bits per heavy atom. The van der Waals surface area contributed by atoms with E-state index in [0.717, 1.165) is 5.57 Å². The summed E-state index contributed by atoms with van der Waals surface area (Å²) < 4.78 is 0. The molecule has 0 radical (unpaired) electrons. The van der Waals surface area contributed by atoms with Gasteiger partial charge in [-0.2, -0.15) is 0 Å². The van der Waals surface area contributed by atoms with Crippen LogP contribution in [0.15, 0.2) is 11.1 Å². The van der Waals surface area contributed by atoms with E-state index in [-0.39, 0.29) is 6.61 Å². The number of rotatable bonds is 3. The Balaban J connectivity index is 0. The van der Waals surface area contributed by atoms with Gasteiger partial charge in [0, 0.05) is 5.57 Å². The summed E-state index contributed by atoms with van der Waals surface area (Å²) in [6.07, 6.45) is 0. The van der Waals surface area contributed by atoms with Gasteiger partial charge in [-0.15, -0.1) is 0 Å². The van der Waals surface area contributed by atoms with Crippen LogP contribution >= 0.6 is 0 Å². The zero-order valence-electron chi connectivity index (χ0n) is 10.4. The lowest BCUT2D eigenvalue weighted by atomic mass is 9.96. The molecule has 0 atom stereocenters. The van der Waals surface area contributed by atoms with Crippen molar-refractivity contribution in [3.8, 4) is 0 Å². The van der Waals surface area contributed by atoms with Crippen LogP contribution in [0.5, 0.6) is 0 Å².